The number of halogens is 2. The van der Waals surface area contributed by atoms with Crippen molar-refractivity contribution in [2.24, 2.45) is 0 Å². The number of anilines is 1. The second-order valence-corrected chi connectivity index (χ2v) is 8.07. The van der Waals surface area contributed by atoms with Crippen LogP contribution in [0, 0.1) is 5.82 Å². The first-order chi connectivity index (χ1) is 13.9. The molecular formula is C22H19ClFN3O2. The highest BCUT2D eigenvalue weighted by molar-refractivity contribution is 6.31. The van der Waals surface area contributed by atoms with Crippen LogP contribution in [0.1, 0.15) is 30.6 Å². The lowest BCUT2D eigenvalue weighted by Crippen LogP contribution is -2.46. The highest BCUT2D eigenvalue weighted by Crippen LogP contribution is 2.38. The fourth-order valence-corrected chi connectivity index (χ4v) is 4.80. The SMILES string of the molecule is CC1c2[nH]c3ccc(Cl)cc3c2CCN1C1CC(=O)N(c2ccc(F)cc2)C1=O. The Bertz CT molecular complexity index is 1140. The normalized spacial score (nSPS) is 22.5. The standard InChI is InChI=1S/C22H19ClFN3O2/c1-12-21-16(17-10-13(23)2-7-18(17)25-21)8-9-26(12)19-11-20(28)27(22(19)29)15-5-3-14(24)4-6-15/h2-7,10,12,19,25H,8-9,11H2,1H3. The molecule has 0 spiro atoms. The van der Waals surface area contributed by atoms with E-state index in [9.17, 15) is 14.0 Å². The predicted molar refractivity (Wildman–Crippen MR) is 109 cm³/mol. The zero-order valence-electron chi connectivity index (χ0n) is 15.8. The zero-order chi connectivity index (χ0) is 20.3. The number of carbonyl (C=O) groups is 2. The molecule has 3 aromatic rings. The molecule has 148 valence electrons. The third-order valence-electron chi connectivity index (χ3n) is 6.04. The highest BCUT2D eigenvalue weighted by Gasteiger charge is 2.45. The fraction of sp³-hybridized carbons (Fsp3) is 0.273. The van der Waals surface area contributed by atoms with Gasteiger partial charge in [0.2, 0.25) is 5.91 Å². The third-order valence-corrected chi connectivity index (χ3v) is 6.28. The van der Waals surface area contributed by atoms with E-state index in [1.54, 1.807) is 0 Å². The molecule has 1 fully saturated rings. The topological polar surface area (TPSA) is 56.4 Å². The number of aromatic amines is 1. The van der Waals surface area contributed by atoms with Crippen molar-refractivity contribution in [3.8, 4) is 0 Å². The lowest BCUT2D eigenvalue weighted by molar-refractivity contribution is -0.123. The van der Waals surface area contributed by atoms with E-state index in [-0.39, 0.29) is 24.3 Å². The van der Waals surface area contributed by atoms with Crippen LogP contribution in [0.15, 0.2) is 42.5 Å². The Kier molecular flexibility index (Phi) is 4.22. The van der Waals surface area contributed by atoms with Crippen LogP contribution in [0.2, 0.25) is 5.02 Å². The van der Waals surface area contributed by atoms with Gasteiger partial charge in [-0.2, -0.15) is 0 Å². The van der Waals surface area contributed by atoms with Crippen LogP contribution in [-0.2, 0) is 16.0 Å². The molecule has 2 aromatic carbocycles. The summed E-state index contributed by atoms with van der Waals surface area (Å²) in [5.74, 6) is -0.912. The number of rotatable bonds is 2. The molecule has 0 radical (unpaired) electrons. The Morgan fingerprint density at radius 3 is 2.66 bits per heavy atom. The van der Waals surface area contributed by atoms with Crippen LogP contribution in [-0.4, -0.2) is 34.3 Å². The molecule has 5 rings (SSSR count). The van der Waals surface area contributed by atoms with Crippen molar-refractivity contribution in [1.29, 1.82) is 0 Å². The van der Waals surface area contributed by atoms with Crippen LogP contribution in [0.3, 0.4) is 0 Å². The Hall–Kier alpha value is -2.70. The molecule has 2 amide bonds. The van der Waals surface area contributed by atoms with Gasteiger partial charge in [-0.3, -0.25) is 14.5 Å². The van der Waals surface area contributed by atoms with Crippen LogP contribution in [0.25, 0.3) is 10.9 Å². The van der Waals surface area contributed by atoms with Crippen molar-refractivity contribution in [2.75, 3.05) is 11.4 Å². The van der Waals surface area contributed by atoms with Gasteiger partial charge in [0.1, 0.15) is 5.82 Å². The summed E-state index contributed by atoms with van der Waals surface area (Å²) in [6, 6.07) is 10.7. The molecule has 1 aromatic heterocycles. The molecule has 1 N–H and O–H groups in total. The van der Waals surface area contributed by atoms with E-state index in [1.165, 1.54) is 34.7 Å². The maximum atomic E-state index is 13.2. The summed E-state index contributed by atoms with van der Waals surface area (Å²) in [6.45, 7) is 2.72. The number of H-pyrrole nitrogens is 1. The molecule has 1 saturated heterocycles. The highest BCUT2D eigenvalue weighted by atomic mass is 35.5. The second-order valence-electron chi connectivity index (χ2n) is 7.63. The molecule has 0 saturated carbocycles. The van der Waals surface area contributed by atoms with E-state index in [0.717, 1.165) is 23.0 Å². The molecule has 0 aliphatic carbocycles. The molecule has 2 aliphatic rings. The van der Waals surface area contributed by atoms with Gasteiger partial charge in [0.05, 0.1) is 18.2 Å². The zero-order valence-corrected chi connectivity index (χ0v) is 16.5. The first-order valence-electron chi connectivity index (χ1n) is 9.62. The predicted octanol–water partition coefficient (Wildman–Crippen LogP) is 4.21. The summed E-state index contributed by atoms with van der Waals surface area (Å²) < 4.78 is 13.2. The Morgan fingerprint density at radius 1 is 1.14 bits per heavy atom. The first kappa shape index (κ1) is 18.3. The van der Waals surface area contributed by atoms with E-state index in [2.05, 4.69) is 9.88 Å². The van der Waals surface area contributed by atoms with Crippen LogP contribution >= 0.6 is 11.6 Å². The van der Waals surface area contributed by atoms with Gasteiger partial charge in [-0.1, -0.05) is 11.6 Å². The number of carbonyl (C=O) groups excluding carboxylic acids is 2. The minimum atomic E-state index is -0.522. The van der Waals surface area contributed by atoms with Gasteiger partial charge in [-0.15, -0.1) is 0 Å². The maximum Gasteiger partial charge on any atom is 0.251 e. The van der Waals surface area contributed by atoms with Crippen molar-refractivity contribution in [3.63, 3.8) is 0 Å². The number of nitrogens with one attached hydrogen (secondary N) is 1. The molecule has 29 heavy (non-hydrogen) atoms. The number of hydrogen-bond donors (Lipinski definition) is 1. The van der Waals surface area contributed by atoms with Crippen molar-refractivity contribution < 1.29 is 14.0 Å². The summed E-state index contributed by atoms with van der Waals surface area (Å²) in [4.78, 5) is 32.5. The molecule has 7 heteroatoms. The second kappa shape index (κ2) is 6.68. The Labute approximate surface area is 172 Å². The number of aromatic nitrogens is 1. The van der Waals surface area contributed by atoms with Gasteiger partial charge in [0.15, 0.2) is 0 Å². The summed E-state index contributed by atoms with van der Waals surface area (Å²) >= 11 is 6.17. The van der Waals surface area contributed by atoms with Gasteiger partial charge in [-0.05, 0) is 61.4 Å². The van der Waals surface area contributed by atoms with Crippen molar-refractivity contribution >= 4 is 40.0 Å². The number of fused-ring (bicyclic) bond motifs is 3. The largest absolute Gasteiger partial charge is 0.357 e. The van der Waals surface area contributed by atoms with E-state index >= 15 is 0 Å². The number of hydrogen-bond acceptors (Lipinski definition) is 3. The molecule has 2 atom stereocenters. The Morgan fingerprint density at radius 2 is 1.90 bits per heavy atom. The average molecular weight is 412 g/mol. The molecule has 0 bridgehead atoms. The molecule has 5 nitrogen and oxygen atoms in total. The van der Waals surface area contributed by atoms with Crippen LogP contribution in [0.5, 0.6) is 0 Å². The van der Waals surface area contributed by atoms with Gasteiger partial charge in [-0.25, -0.2) is 9.29 Å². The first-order valence-corrected chi connectivity index (χ1v) is 10.00. The lowest BCUT2D eigenvalue weighted by Gasteiger charge is -2.36. The van der Waals surface area contributed by atoms with Crippen LogP contribution in [0.4, 0.5) is 10.1 Å². The number of nitrogens with zero attached hydrogens (tertiary/aromatic N) is 2. The average Bonchev–Trinajstić information content (AvgIpc) is 3.21. The molecule has 2 aliphatic heterocycles. The summed E-state index contributed by atoms with van der Waals surface area (Å²) in [7, 11) is 0. The number of benzene rings is 2. The summed E-state index contributed by atoms with van der Waals surface area (Å²) in [5.41, 5.74) is 3.72. The van der Waals surface area contributed by atoms with Crippen LogP contribution < -0.4 is 4.90 Å². The molecular weight excluding hydrogens is 393 g/mol. The monoisotopic (exact) mass is 411 g/mol. The minimum absolute atomic E-state index is 0.0418. The van der Waals surface area contributed by atoms with Crippen molar-refractivity contribution in [3.05, 3.63) is 64.6 Å². The number of imide groups is 1. The van der Waals surface area contributed by atoms with Gasteiger partial charge in [0, 0.05) is 34.2 Å². The maximum absolute atomic E-state index is 13.2. The summed E-state index contributed by atoms with van der Waals surface area (Å²) in [5, 5.41) is 1.81. The van der Waals surface area contributed by atoms with Crippen molar-refractivity contribution in [2.45, 2.75) is 31.8 Å². The van der Waals surface area contributed by atoms with Gasteiger partial charge in [0.25, 0.3) is 5.91 Å². The van der Waals surface area contributed by atoms with E-state index in [4.69, 9.17) is 11.6 Å². The third kappa shape index (κ3) is 2.86. The Balaban J connectivity index is 1.46. The number of amides is 2. The van der Waals surface area contributed by atoms with E-state index in [1.807, 2.05) is 25.1 Å². The van der Waals surface area contributed by atoms with Gasteiger partial charge >= 0.3 is 0 Å². The minimum Gasteiger partial charge on any atom is -0.357 e. The molecule has 2 unspecified atom stereocenters. The van der Waals surface area contributed by atoms with Gasteiger partial charge < -0.3 is 4.98 Å². The van der Waals surface area contributed by atoms with E-state index < -0.39 is 11.9 Å². The quantitative estimate of drug-likeness (QED) is 0.642. The van der Waals surface area contributed by atoms with E-state index in [0.29, 0.717) is 17.3 Å². The molecule has 3 heterocycles. The van der Waals surface area contributed by atoms with Crippen molar-refractivity contribution in [1.82, 2.24) is 9.88 Å². The fourth-order valence-electron chi connectivity index (χ4n) is 4.63. The summed E-state index contributed by atoms with van der Waals surface area (Å²) in [6.07, 6.45) is 0.899. The lowest BCUT2D eigenvalue weighted by atomic mass is 9.96. The smallest absolute Gasteiger partial charge is 0.251 e.